The fourth-order valence-electron chi connectivity index (χ4n) is 1.12. The summed E-state index contributed by atoms with van der Waals surface area (Å²) in [6.07, 6.45) is 2.68. The van der Waals surface area contributed by atoms with Gasteiger partial charge >= 0.3 is 0 Å². The van der Waals surface area contributed by atoms with Crippen molar-refractivity contribution in [3.8, 4) is 0 Å². The number of rotatable bonds is 1. The van der Waals surface area contributed by atoms with Crippen LogP contribution in [-0.2, 0) is 4.79 Å². The largest absolute Gasteiger partial charge is 0.304 e. The van der Waals surface area contributed by atoms with Gasteiger partial charge in [0.2, 0.25) is 0 Å². The van der Waals surface area contributed by atoms with Gasteiger partial charge in [0.05, 0.1) is 4.05 Å². The Morgan fingerprint density at radius 3 is 3.00 bits per heavy atom. The van der Waals surface area contributed by atoms with Crippen LogP contribution in [-0.4, -0.2) is 16.4 Å². The summed E-state index contributed by atoms with van der Waals surface area (Å²) in [6, 6.07) is 0. The highest BCUT2D eigenvalue weighted by Gasteiger charge is 2.27. The molecule has 1 N–H and O–H groups in total. The lowest BCUT2D eigenvalue weighted by Gasteiger charge is -2.25. The van der Waals surface area contributed by atoms with Gasteiger partial charge < -0.3 is 5.32 Å². The molecule has 1 aliphatic rings. The average Bonchev–Trinajstić information content (AvgIpc) is 1.88. The number of ketones is 1. The van der Waals surface area contributed by atoms with Crippen molar-refractivity contribution in [2.75, 3.05) is 6.54 Å². The molecule has 3 heteroatoms. The number of halogens is 1. The van der Waals surface area contributed by atoms with E-state index in [0.29, 0.717) is 9.83 Å². The van der Waals surface area contributed by atoms with Gasteiger partial charge in [-0.15, -0.1) is 0 Å². The molecule has 0 bridgehead atoms. The van der Waals surface area contributed by atoms with Crippen molar-refractivity contribution in [2.45, 2.75) is 17.4 Å². The Morgan fingerprint density at radius 2 is 2.60 bits per heavy atom. The monoisotopic (exact) mass is 252 g/mol. The highest BCUT2D eigenvalue weighted by molar-refractivity contribution is 14.1. The van der Waals surface area contributed by atoms with E-state index in [1.54, 1.807) is 6.42 Å². The van der Waals surface area contributed by atoms with Gasteiger partial charge in [-0.3, -0.25) is 4.79 Å². The molecule has 0 aromatic carbocycles. The number of carbonyl (C=O) groups excluding carboxylic acids is 1. The van der Waals surface area contributed by atoms with Gasteiger partial charge in [0.15, 0.2) is 0 Å². The summed E-state index contributed by atoms with van der Waals surface area (Å²) in [5, 5.41) is 3.22. The molecule has 0 aliphatic carbocycles. The molecule has 1 rings (SSSR count). The SMILES string of the molecule is CCC1C(=O)[CH]CNC1I. The van der Waals surface area contributed by atoms with Crippen molar-refractivity contribution in [3.05, 3.63) is 6.42 Å². The third-order valence-electron chi connectivity index (χ3n) is 1.77. The molecule has 0 amide bonds. The van der Waals surface area contributed by atoms with Crippen molar-refractivity contribution in [2.24, 2.45) is 5.92 Å². The maximum Gasteiger partial charge on any atom is 0.143 e. The summed E-state index contributed by atoms with van der Waals surface area (Å²) in [6.45, 7) is 2.79. The van der Waals surface area contributed by atoms with E-state index in [1.807, 2.05) is 0 Å². The maximum absolute atomic E-state index is 11.1. The average molecular weight is 252 g/mol. The van der Waals surface area contributed by atoms with Crippen LogP contribution in [0.5, 0.6) is 0 Å². The molecule has 1 heterocycles. The van der Waals surface area contributed by atoms with E-state index in [0.717, 1.165) is 13.0 Å². The summed E-state index contributed by atoms with van der Waals surface area (Å²) in [4.78, 5) is 11.1. The molecule has 2 unspecified atom stereocenters. The van der Waals surface area contributed by atoms with E-state index < -0.39 is 0 Å². The van der Waals surface area contributed by atoms with Crippen LogP contribution in [0, 0.1) is 12.3 Å². The maximum atomic E-state index is 11.1. The van der Waals surface area contributed by atoms with E-state index in [9.17, 15) is 4.79 Å². The van der Waals surface area contributed by atoms with Crippen LogP contribution < -0.4 is 5.32 Å². The molecule has 1 radical (unpaired) electrons. The number of hydrogen-bond acceptors (Lipinski definition) is 2. The first-order valence-electron chi connectivity index (χ1n) is 3.50. The van der Waals surface area contributed by atoms with Gasteiger partial charge in [-0.05, 0) is 6.42 Å². The molecule has 0 aromatic heterocycles. The zero-order valence-electron chi connectivity index (χ0n) is 5.93. The van der Waals surface area contributed by atoms with Gasteiger partial charge in [-0.1, -0.05) is 29.5 Å². The fourth-order valence-corrected chi connectivity index (χ4v) is 2.24. The summed E-state index contributed by atoms with van der Waals surface area (Å²) in [5.74, 6) is 0.509. The zero-order valence-corrected chi connectivity index (χ0v) is 8.09. The normalized spacial score (nSPS) is 34.4. The van der Waals surface area contributed by atoms with Crippen LogP contribution in [0.2, 0.25) is 0 Å². The highest BCUT2D eigenvalue weighted by atomic mass is 127. The van der Waals surface area contributed by atoms with E-state index in [4.69, 9.17) is 0 Å². The number of piperidine rings is 1. The smallest absolute Gasteiger partial charge is 0.143 e. The van der Waals surface area contributed by atoms with Crippen LogP contribution >= 0.6 is 22.6 Å². The Bertz CT molecular complexity index is 138. The molecule has 2 nitrogen and oxygen atoms in total. The molecule has 0 aromatic rings. The molecule has 1 aliphatic heterocycles. The standard InChI is InChI=1S/C7H11INO/c1-2-5-6(10)3-4-9-7(5)8/h3,5,7,9H,2,4H2,1H3. The minimum atomic E-state index is 0.203. The lowest BCUT2D eigenvalue weighted by molar-refractivity contribution is -0.120. The number of alkyl halides is 1. The van der Waals surface area contributed by atoms with Crippen molar-refractivity contribution in [3.63, 3.8) is 0 Å². The Labute approximate surface area is 74.9 Å². The number of carbonyl (C=O) groups is 1. The number of hydrogen-bond donors (Lipinski definition) is 1. The summed E-state index contributed by atoms with van der Waals surface area (Å²) in [5.41, 5.74) is 0. The molecule has 1 saturated heterocycles. The van der Waals surface area contributed by atoms with Crippen LogP contribution in [0.15, 0.2) is 0 Å². The van der Waals surface area contributed by atoms with Gasteiger partial charge in [-0.25, -0.2) is 0 Å². The van der Waals surface area contributed by atoms with Crippen LogP contribution in [0.1, 0.15) is 13.3 Å². The van der Waals surface area contributed by atoms with Gasteiger partial charge in [0.25, 0.3) is 0 Å². The zero-order chi connectivity index (χ0) is 7.56. The fraction of sp³-hybridized carbons (Fsp3) is 0.714. The Kier molecular flexibility index (Phi) is 3.10. The second-order valence-electron chi connectivity index (χ2n) is 2.43. The highest BCUT2D eigenvalue weighted by Crippen LogP contribution is 2.20. The van der Waals surface area contributed by atoms with Crippen molar-refractivity contribution < 1.29 is 4.79 Å². The van der Waals surface area contributed by atoms with Crippen LogP contribution in [0.3, 0.4) is 0 Å². The minimum Gasteiger partial charge on any atom is -0.304 e. The van der Waals surface area contributed by atoms with E-state index >= 15 is 0 Å². The first-order valence-corrected chi connectivity index (χ1v) is 4.74. The van der Waals surface area contributed by atoms with Gasteiger partial charge in [0.1, 0.15) is 5.78 Å². The minimum absolute atomic E-state index is 0.203. The third-order valence-corrected chi connectivity index (χ3v) is 3.08. The quantitative estimate of drug-likeness (QED) is 0.431. The lowest BCUT2D eigenvalue weighted by Crippen LogP contribution is -2.42. The lowest BCUT2D eigenvalue weighted by atomic mass is 9.96. The molecule has 0 spiro atoms. The summed E-state index contributed by atoms with van der Waals surface area (Å²) >= 11 is 2.28. The Hall–Kier alpha value is 0.360. The van der Waals surface area contributed by atoms with Crippen molar-refractivity contribution >= 4 is 28.4 Å². The number of Topliss-reactive ketones (excluding diaryl/α,β-unsaturated/α-hetero) is 1. The third kappa shape index (κ3) is 1.69. The van der Waals surface area contributed by atoms with Gasteiger partial charge in [0, 0.05) is 18.9 Å². The first-order chi connectivity index (χ1) is 4.75. The summed E-state index contributed by atoms with van der Waals surface area (Å²) in [7, 11) is 0. The predicted octanol–water partition coefficient (Wildman–Crippen LogP) is 1.15. The number of nitrogens with one attached hydrogen (secondary N) is 1. The van der Waals surface area contributed by atoms with Gasteiger partial charge in [-0.2, -0.15) is 0 Å². The topological polar surface area (TPSA) is 29.1 Å². The first kappa shape index (κ1) is 8.46. The molecule has 1 fully saturated rings. The molecular formula is C7H11INO. The van der Waals surface area contributed by atoms with E-state index in [1.165, 1.54) is 0 Å². The Morgan fingerprint density at radius 1 is 1.90 bits per heavy atom. The summed E-state index contributed by atoms with van der Waals surface area (Å²) < 4.78 is 0.333. The van der Waals surface area contributed by atoms with Crippen molar-refractivity contribution in [1.29, 1.82) is 0 Å². The Balaban J connectivity index is 2.53. The molecule has 0 saturated carbocycles. The van der Waals surface area contributed by atoms with E-state index in [2.05, 4.69) is 34.8 Å². The molecule has 57 valence electrons. The van der Waals surface area contributed by atoms with E-state index in [-0.39, 0.29) is 5.92 Å². The van der Waals surface area contributed by atoms with Crippen LogP contribution in [0.4, 0.5) is 0 Å². The predicted molar refractivity (Wildman–Crippen MR) is 48.9 cm³/mol. The second kappa shape index (κ2) is 3.67. The van der Waals surface area contributed by atoms with Crippen LogP contribution in [0.25, 0.3) is 0 Å². The molecular weight excluding hydrogens is 241 g/mol. The molecule has 10 heavy (non-hydrogen) atoms. The van der Waals surface area contributed by atoms with Crippen molar-refractivity contribution in [1.82, 2.24) is 5.32 Å². The second-order valence-corrected chi connectivity index (χ2v) is 3.77. The molecule has 2 atom stereocenters.